The molecule has 4 rings (SSSR count). The molecule has 1 fully saturated rings. The van der Waals surface area contributed by atoms with Crippen LogP contribution in [0.3, 0.4) is 0 Å². The van der Waals surface area contributed by atoms with Crippen molar-refractivity contribution < 1.29 is 4.79 Å². The van der Waals surface area contributed by atoms with Gasteiger partial charge in [0, 0.05) is 42.1 Å². The van der Waals surface area contributed by atoms with Crippen LogP contribution in [0.25, 0.3) is 11.1 Å². The third-order valence-electron chi connectivity index (χ3n) is 6.52. The zero-order valence-corrected chi connectivity index (χ0v) is 19.3. The predicted molar refractivity (Wildman–Crippen MR) is 126 cm³/mol. The molecule has 3 atom stereocenters. The van der Waals surface area contributed by atoms with Crippen LogP contribution >= 0.6 is 24.2 Å². The molecule has 2 N–H and O–H groups in total. The van der Waals surface area contributed by atoms with Crippen molar-refractivity contribution in [2.45, 2.75) is 43.5 Å². The molecule has 0 radical (unpaired) electrons. The fourth-order valence-electron chi connectivity index (χ4n) is 4.56. The molecule has 1 aromatic carbocycles. The smallest absolute Gasteiger partial charge is 0.251 e. The number of halogens is 1. The number of rotatable bonds is 4. The number of piperidine rings is 1. The topological polar surface area (TPSA) is 68.3 Å². The number of pyridine rings is 1. The Labute approximate surface area is 188 Å². The molecule has 5 nitrogen and oxygen atoms in total. The number of nitrogens with zero attached hydrogens (tertiary/aromatic N) is 2. The number of carbonyl (C=O) groups is 1. The summed E-state index contributed by atoms with van der Waals surface area (Å²) < 4.78 is 1.61. The second-order valence-electron chi connectivity index (χ2n) is 8.81. The van der Waals surface area contributed by atoms with E-state index in [1.165, 1.54) is 0 Å². The Bertz CT molecular complexity index is 976. The highest BCUT2D eigenvalue weighted by atomic mass is 35.5. The third-order valence-corrected chi connectivity index (χ3v) is 7.82. The van der Waals surface area contributed by atoms with Crippen molar-refractivity contribution in [2.75, 3.05) is 19.3 Å². The Morgan fingerprint density at radius 2 is 1.83 bits per heavy atom. The van der Waals surface area contributed by atoms with Gasteiger partial charge in [-0.25, -0.2) is 0 Å². The van der Waals surface area contributed by atoms with Crippen molar-refractivity contribution in [1.82, 2.24) is 9.47 Å². The summed E-state index contributed by atoms with van der Waals surface area (Å²) in [7, 11) is 0. The van der Waals surface area contributed by atoms with Crippen molar-refractivity contribution in [3.05, 3.63) is 58.5 Å². The molecule has 30 heavy (non-hydrogen) atoms. The maximum Gasteiger partial charge on any atom is 0.251 e. The summed E-state index contributed by atoms with van der Waals surface area (Å²) in [6.45, 7) is 6.02. The van der Waals surface area contributed by atoms with Crippen LogP contribution in [0, 0.1) is 5.92 Å². The Morgan fingerprint density at radius 3 is 2.50 bits per heavy atom. The van der Waals surface area contributed by atoms with Gasteiger partial charge in [0.1, 0.15) is 0 Å². The van der Waals surface area contributed by atoms with Crippen LogP contribution < -0.4 is 11.3 Å². The van der Waals surface area contributed by atoms with Crippen LogP contribution in [0.15, 0.2) is 47.3 Å². The number of thioether (sulfide) groups is 1. The lowest BCUT2D eigenvalue weighted by atomic mass is 9.82. The van der Waals surface area contributed by atoms with Gasteiger partial charge in [0.25, 0.3) is 5.56 Å². The van der Waals surface area contributed by atoms with Crippen molar-refractivity contribution in [1.29, 1.82) is 0 Å². The first-order valence-corrected chi connectivity index (χ1v) is 11.4. The van der Waals surface area contributed by atoms with Crippen molar-refractivity contribution >= 4 is 30.1 Å². The minimum Gasteiger partial charge on any atom is -0.340 e. The normalized spacial score (nSPS) is 21.4. The van der Waals surface area contributed by atoms with E-state index in [4.69, 9.17) is 5.73 Å². The number of carbonyl (C=O) groups excluding carboxylic acids is 1. The van der Waals surface area contributed by atoms with Gasteiger partial charge in [0.2, 0.25) is 5.91 Å². The predicted octanol–water partition coefficient (Wildman–Crippen LogP) is 3.35. The molecule has 1 aromatic heterocycles. The van der Waals surface area contributed by atoms with E-state index in [0.717, 1.165) is 23.2 Å². The number of amides is 1. The summed E-state index contributed by atoms with van der Waals surface area (Å²) in [4.78, 5) is 27.9. The second kappa shape index (κ2) is 8.77. The largest absolute Gasteiger partial charge is 0.340 e. The molecule has 1 saturated heterocycles. The van der Waals surface area contributed by atoms with E-state index in [0.29, 0.717) is 25.6 Å². The molecule has 2 aliphatic heterocycles. The zero-order valence-electron chi connectivity index (χ0n) is 17.7. The molecular formula is C23H30ClN3O2S. The zero-order chi connectivity index (χ0) is 20.8. The van der Waals surface area contributed by atoms with Gasteiger partial charge in [-0.1, -0.05) is 30.3 Å². The standard InChI is InChI=1S/C23H29N3O2S.ClH/c1-23(2,29-3)21(24)22(28)25-12-15-9-18(14-25)19-10-17(11-20(27)26(19)13-15)16-7-5-4-6-8-16;/h4-8,10-11,15,18,21H,9,12-14,24H2,1-3H3;1H/t15-,18+,21+;/m0./s1. The number of likely N-dealkylation sites (tertiary alicyclic amines) is 1. The average Bonchev–Trinajstić information content (AvgIpc) is 2.73. The Hall–Kier alpha value is -1.76. The molecule has 3 heterocycles. The van der Waals surface area contributed by atoms with Crippen LogP contribution in [0.4, 0.5) is 0 Å². The van der Waals surface area contributed by atoms with Crippen LogP contribution in [0.1, 0.15) is 31.9 Å². The summed E-state index contributed by atoms with van der Waals surface area (Å²) in [5, 5.41) is 0. The van der Waals surface area contributed by atoms with Crippen LogP contribution in [0.5, 0.6) is 0 Å². The lowest BCUT2D eigenvalue weighted by Gasteiger charge is -2.44. The van der Waals surface area contributed by atoms with E-state index in [1.54, 1.807) is 17.8 Å². The van der Waals surface area contributed by atoms with Gasteiger partial charge in [-0.05, 0) is 49.6 Å². The molecule has 0 aliphatic carbocycles. The highest BCUT2D eigenvalue weighted by molar-refractivity contribution is 8.00. The first-order chi connectivity index (χ1) is 13.8. The number of hydrogen-bond donors (Lipinski definition) is 1. The van der Waals surface area contributed by atoms with Crippen LogP contribution in [-0.4, -0.2) is 45.5 Å². The molecule has 0 saturated carbocycles. The third kappa shape index (κ3) is 4.18. The summed E-state index contributed by atoms with van der Waals surface area (Å²) in [6.07, 6.45) is 3.01. The van der Waals surface area contributed by atoms with Gasteiger partial charge in [0.15, 0.2) is 0 Å². The van der Waals surface area contributed by atoms with Crippen molar-refractivity contribution in [3.8, 4) is 11.1 Å². The van der Waals surface area contributed by atoms with Gasteiger partial charge in [-0.15, -0.1) is 12.4 Å². The number of aromatic nitrogens is 1. The number of benzene rings is 1. The summed E-state index contributed by atoms with van der Waals surface area (Å²) in [6, 6.07) is 13.3. The maximum atomic E-state index is 13.1. The van der Waals surface area contributed by atoms with Gasteiger partial charge < -0.3 is 15.2 Å². The molecule has 2 aromatic rings. The second-order valence-corrected chi connectivity index (χ2v) is 10.3. The number of hydrogen-bond acceptors (Lipinski definition) is 4. The Morgan fingerprint density at radius 1 is 1.13 bits per heavy atom. The average molecular weight is 448 g/mol. The SMILES string of the molecule is CSC(C)(C)[C@H](N)C(=O)N1C[C@@H]2C[C@H](C1)c1cc(-c3ccccc3)cc(=O)n1C2.Cl. The first-order valence-electron chi connectivity index (χ1n) is 10.2. The maximum absolute atomic E-state index is 13.1. The van der Waals surface area contributed by atoms with E-state index in [1.807, 2.05) is 59.9 Å². The van der Waals surface area contributed by atoms with Gasteiger partial charge in [0.05, 0.1) is 6.04 Å². The highest BCUT2D eigenvalue weighted by Crippen LogP contribution is 2.37. The van der Waals surface area contributed by atoms with Crippen LogP contribution in [0.2, 0.25) is 0 Å². The minimum atomic E-state index is -0.533. The lowest BCUT2D eigenvalue weighted by Crippen LogP contribution is -2.57. The lowest BCUT2D eigenvalue weighted by molar-refractivity contribution is -0.135. The first kappa shape index (κ1) is 22.9. The minimum absolute atomic E-state index is 0. The van der Waals surface area contributed by atoms with E-state index < -0.39 is 6.04 Å². The van der Waals surface area contributed by atoms with Crippen molar-refractivity contribution in [3.63, 3.8) is 0 Å². The quantitative estimate of drug-likeness (QED) is 0.780. The van der Waals surface area contributed by atoms with E-state index >= 15 is 0 Å². The summed E-state index contributed by atoms with van der Waals surface area (Å²) >= 11 is 1.62. The van der Waals surface area contributed by atoms with E-state index in [9.17, 15) is 9.59 Å². The molecule has 1 amide bonds. The fourth-order valence-corrected chi connectivity index (χ4v) is 4.91. The Kier molecular flexibility index (Phi) is 6.70. The number of nitrogens with two attached hydrogens (primary N) is 1. The Balaban J connectivity index is 0.00000256. The molecule has 162 valence electrons. The van der Waals surface area contributed by atoms with E-state index in [-0.39, 0.29) is 34.5 Å². The van der Waals surface area contributed by atoms with Crippen molar-refractivity contribution in [2.24, 2.45) is 11.7 Å². The van der Waals surface area contributed by atoms with Gasteiger partial charge in [-0.2, -0.15) is 11.8 Å². The van der Waals surface area contributed by atoms with Crippen LogP contribution in [-0.2, 0) is 11.3 Å². The van der Waals surface area contributed by atoms with Gasteiger partial charge in [-0.3, -0.25) is 9.59 Å². The molecule has 0 unspecified atom stereocenters. The van der Waals surface area contributed by atoms with Gasteiger partial charge >= 0.3 is 0 Å². The molecule has 2 bridgehead atoms. The molecule has 0 spiro atoms. The number of fused-ring (bicyclic) bond motifs is 4. The summed E-state index contributed by atoms with van der Waals surface area (Å²) in [5.74, 6) is 0.497. The van der Waals surface area contributed by atoms with E-state index in [2.05, 4.69) is 6.07 Å². The monoisotopic (exact) mass is 447 g/mol. The molecular weight excluding hydrogens is 418 g/mol. The fraction of sp³-hybridized carbons (Fsp3) is 0.478. The molecule has 2 aliphatic rings. The highest BCUT2D eigenvalue weighted by Gasteiger charge is 2.40. The molecule has 7 heteroatoms. The summed E-state index contributed by atoms with van der Waals surface area (Å²) in [5.41, 5.74) is 9.43.